The summed E-state index contributed by atoms with van der Waals surface area (Å²) >= 11 is 1.66. The van der Waals surface area contributed by atoms with Gasteiger partial charge in [0.2, 0.25) is 0 Å². The first-order valence-electron chi connectivity index (χ1n) is 5.57. The molecule has 0 fully saturated rings. The van der Waals surface area contributed by atoms with Gasteiger partial charge in [-0.15, -0.1) is 11.8 Å². The normalized spacial score (nSPS) is 12.4. The fourth-order valence-electron chi connectivity index (χ4n) is 1.57. The van der Waals surface area contributed by atoms with Gasteiger partial charge in [-0.25, -0.2) is 4.98 Å². The fraction of sp³-hybridized carbons (Fsp3) is 0.214. The average Bonchev–Trinajstić information content (AvgIpc) is 2.38. The van der Waals surface area contributed by atoms with Gasteiger partial charge in [0.25, 0.3) is 0 Å². The summed E-state index contributed by atoms with van der Waals surface area (Å²) in [6, 6.07) is 14.0. The van der Waals surface area contributed by atoms with Gasteiger partial charge in [0.1, 0.15) is 5.03 Å². The van der Waals surface area contributed by atoms with Crippen LogP contribution in [0.2, 0.25) is 0 Å². The van der Waals surface area contributed by atoms with Crippen LogP contribution in [0.3, 0.4) is 0 Å². The second-order valence-electron chi connectivity index (χ2n) is 3.85. The van der Waals surface area contributed by atoms with E-state index in [1.54, 1.807) is 24.9 Å². The molecular formula is C14H15NOS. The summed E-state index contributed by atoms with van der Waals surface area (Å²) in [5.41, 5.74) is 2.16. The highest BCUT2D eigenvalue weighted by atomic mass is 32.2. The highest BCUT2D eigenvalue weighted by Gasteiger charge is 2.08. The molecule has 3 heteroatoms. The number of aliphatic hydroxyl groups excluding tert-OH is 1. The highest BCUT2D eigenvalue weighted by molar-refractivity contribution is 7.98. The standard InChI is InChI=1S/C14H15NOS/c1-11(16)13-8-5-9-15-14(13)17-10-12-6-3-2-4-7-12/h2-9,11,16H,10H2,1H3/t11-/m1/s1. The first-order valence-corrected chi connectivity index (χ1v) is 6.55. The minimum absolute atomic E-state index is 0.470. The number of nitrogens with zero attached hydrogens (tertiary/aromatic N) is 1. The van der Waals surface area contributed by atoms with E-state index in [1.807, 2.05) is 30.3 Å². The van der Waals surface area contributed by atoms with Crippen molar-refractivity contribution in [3.63, 3.8) is 0 Å². The minimum atomic E-state index is -0.470. The van der Waals surface area contributed by atoms with E-state index < -0.39 is 6.10 Å². The molecule has 1 aromatic heterocycles. The van der Waals surface area contributed by atoms with Gasteiger partial charge < -0.3 is 5.11 Å². The Hall–Kier alpha value is -1.32. The summed E-state index contributed by atoms with van der Waals surface area (Å²) in [6.07, 6.45) is 1.29. The van der Waals surface area contributed by atoms with Crippen LogP contribution in [0.25, 0.3) is 0 Å². The molecule has 0 aliphatic carbocycles. The summed E-state index contributed by atoms with van der Waals surface area (Å²) in [4.78, 5) is 4.32. The van der Waals surface area contributed by atoms with E-state index in [4.69, 9.17) is 0 Å². The molecule has 0 saturated carbocycles. The molecule has 88 valence electrons. The van der Waals surface area contributed by atoms with E-state index in [2.05, 4.69) is 17.1 Å². The lowest BCUT2D eigenvalue weighted by Gasteiger charge is -2.09. The number of hydrogen-bond donors (Lipinski definition) is 1. The van der Waals surface area contributed by atoms with Crippen molar-refractivity contribution in [2.24, 2.45) is 0 Å². The molecule has 0 amide bonds. The molecule has 2 aromatic rings. The predicted molar refractivity (Wildman–Crippen MR) is 70.9 cm³/mol. The van der Waals surface area contributed by atoms with E-state index in [9.17, 15) is 5.11 Å². The summed E-state index contributed by atoms with van der Waals surface area (Å²) < 4.78 is 0. The zero-order valence-electron chi connectivity index (χ0n) is 9.71. The van der Waals surface area contributed by atoms with Crippen LogP contribution in [0, 0.1) is 0 Å². The first kappa shape index (κ1) is 12.1. The van der Waals surface area contributed by atoms with E-state index in [-0.39, 0.29) is 0 Å². The maximum Gasteiger partial charge on any atom is 0.102 e. The molecular weight excluding hydrogens is 230 g/mol. The Labute approximate surface area is 106 Å². The Kier molecular flexibility index (Phi) is 4.18. The van der Waals surface area contributed by atoms with Gasteiger partial charge >= 0.3 is 0 Å². The molecule has 0 aliphatic heterocycles. The van der Waals surface area contributed by atoms with Crippen LogP contribution in [0.5, 0.6) is 0 Å². The maximum absolute atomic E-state index is 9.65. The van der Waals surface area contributed by atoms with Gasteiger partial charge in [-0.3, -0.25) is 0 Å². The van der Waals surface area contributed by atoms with Crippen LogP contribution in [0.15, 0.2) is 53.7 Å². The van der Waals surface area contributed by atoms with E-state index >= 15 is 0 Å². The minimum Gasteiger partial charge on any atom is -0.389 e. The Bertz CT molecular complexity index is 471. The molecule has 0 bridgehead atoms. The fourth-order valence-corrected chi connectivity index (χ4v) is 2.60. The molecule has 17 heavy (non-hydrogen) atoms. The zero-order chi connectivity index (χ0) is 12.1. The van der Waals surface area contributed by atoms with E-state index in [1.165, 1.54) is 5.56 Å². The lowest BCUT2D eigenvalue weighted by Crippen LogP contribution is -1.96. The zero-order valence-corrected chi connectivity index (χ0v) is 10.5. The van der Waals surface area contributed by atoms with Crippen LogP contribution < -0.4 is 0 Å². The van der Waals surface area contributed by atoms with Crippen molar-refractivity contribution in [1.82, 2.24) is 4.98 Å². The smallest absolute Gasteiger partial charge is 0.102 e. The van der Waals surface area contributed by atoms with Gasteiger partial charge in [-0.1, -0.05) is 36.4 Å². The van der Waals surface area contributed by atoms with Crippen molar-refractivity contribution >= 4 is 11.8 Å². The first-order chi connectivity index (χ1) is 8.27. The molecule has 0 aliphatic rings. The Morgan fingerprint density at radius 1 is 1.18 bits per heavy atom. The van der Waals surface area contributed by atoms with E-state index in [0.717, 1.165) is 16.3 Å². The topological polar surface area (TPSA) is 33.1 Å². The maximum atomic E-state index is 9.65. The third kappa shape index (κ3) is 3.32. The Morgan fingerprint density at radius 2 is 1.94 bits per heavy atom. The molecule has 0 unspecified atom stereocenters. The number of pyridine rings is 1. The highest BCUT2D eigenvalue weighted by Crippen LogP contribution is 2.27. The lowest BCUT2D eigenvalue weighted by atomic mass is 10.2. The monoisotopic (exact) mass is 245 g/mol. The van der Waals surface area contributed by atoms with Gasteiger partial charge in [0.05, 0.1) is 6.10 Å². The van der Waals surface area contributed by atoms with Gasteiger partial charge in [0.15, 0.2) is 0 Å². The molecule has 2 nitrogen and oxygen atoms in total. The lowest BCUT2D eigenvalue weighted by molar-refractivity contribution is 0.195. The van der Waals surface area contributed by atoms with Crippen molar-refractivity contribution in [3.8, 4) is 0 Å². The van der Waals surface area contributed by atoms with Crippen molar-refractivity contribution in [3.05, 3.63) is 59.8 Å². The number of thioether (sulfide) groups is 1. The molecule has 1 N–H and O–H groups in total. The number of rotatable bonds is 4. The summed E-state index contributed by atoms with van der Waals surface area (Å²) in [7, 11) is 0. The number of benzene rings is 1. The molecule has 0 spiro atoms. The summed E-state index contributed by atoms with van der Waals surface area (Å²) in [6.45, 7) is 1.77. The Balaban J connectivity index is 2.09. The quantitative estimate of drug-likeness (QED) is 0.838. The van der Waals surface area contributed by atoms with Crippen LogP contribution in [-0.2, 0) is 5.75 Å². The van der Waals surface area contributed by atoms with E-state index in [0.29, 0.717) is 0 Å². The number of hydrogen-bond acceptors (Lipinski definition) is 3. The van der Waals surface area contributed by atoms with Crippen LogP contribution in [0.1, 0.15) is 24.2 Å². The molecule has 1 heterocycles. The number of aromatic nitrogens is 1. The third-order valence-corrected chi connectivity index (χ3v) is 3.56. The number of aliphatic hydroxyl groups is 1. The van der Waals surface area contributed by atoms with Crippen LogP contribution >= 0.6 is 11.8 Å². The molecule has 1 aromatic carbocycles. The molecule has 0 saturated heterocycles. The molecule has 1 atom stereocenters. The van der Waals surface area contributed by atoms with Crippen molar-refractivity contribution in [1.29, 1.82) is 0 Å². The summed E-state index contributed by atoms with van der Waals surface area (Å²) in [5, 5.41) is 10.6. The molecule has 0 radical (unpaired) electrons. The predicted octanol–water partition coefficient (Wildman–Crippen LogP) is 3.43. The average molecular weight is 245 g/mol. The molecule has 2 rings (SSSR count). The second-order valence-corrected chi connectivity index (χ2v) is 4.81. The van der Waals surface area contributed by atoms with Gasteiger partial charge in [-0.05, 0) is 18.6 Å². The van der Waals surface area contributed by atoms with Gasteiger partial charge in [-0.2, -0.15) is 0 Å². The van der Waals surface area contributed by atoms with Crippen molar-refractivity contribution in [2.45, 2.75) is 23.8 Å². The second kappa shape index (κ2) is 5.84. The van der Waals surface area contributed by atoms with Gasteiger partial charge in [0, 0.05) is 17.5 Å². The Morgan fingerprint density at radius 3 is 2.65 bits per heavy atom. The van der Waals surface area contributed by atoms with Crippen LogP contribution in [-0.4, -0.2) is 10.1 Å². The largest absolute Gasteiger partial charge is 0.389 e. The third-order valence-electron chi connectivity index (χ3n) is 2.47. The SMILES string of the molecule is C[C@@H](O)c1cccnc1SCc1ccccc1. The van der Waals surface area contributed by atoms with Crippen molar-refractivity contribution < 1.29 is 5.11 Å². The van der Waals surface area contributed by atoms with Crippen molar-refractivity contribution in [2.75, 3.05) is 0 Å². The van der Waals surface area contributed by atoms with Crippen LogP contribution in [0.4, 0.5) is 0 Å². The summed E-state index contributed by atoms with van der Waals surface area (Å²) in [5.74, 6) is 0.873.